The average Bonchev–Trinajstić information content (AvgIpc) is 3.30. The molecule has 6 heteroatoms. The minimum atomic E-state index is -1.00. The molecular formula is C25H29N3O2S. The van der Waals surface area contributed by atoms with Gasteiger partial charge in [0.05, 0.1) is 16.8 Å². The van der Waals surface area contributed by atoms with Crippen molar-refractivity contribution in [2.24, 2.45) is 0 Å². The fourth-order valence-electron chi connectivity index (χ4n) is 5.28. The number of aromatic nitrogens is 1. The smallest absolute Gasteiger partial charge is 0.275 e. The molecule has 1 saturated carbocycles. The monoisotopic (exact) mass is 435 g/mol. The molecule has 2 aliphatic rings. The number of nitrogens with zero attached hydrogens (tertiary/aromatic N) is 2. The maximum absolute atomic E-state index is 13.8. The summed E-state index contributed by atoms with van der Waals surface area (Å²) >= 11 is 1.63. The minimum absolute atomic E-state index is 0.0605. The summed E-state index contributed by atoms with van der Waals surface area (Å²) in [4.78, 5) is 29.4. The van der Waals surface area contributed by atoms with Gasteiger partial charge in [0.25, 0.3) is 5.91 Å². The highest BCUT2D eigenvalue weighted by Crippen LogP contribution is 2.38. The number of benzene rings is 1. The Morgan fingerprint density at radius 1 is 1.10 bits per heavy atom. The largest absolute Gasteiger partial charge is 0.351 e. The molecule has 5 rings (SSSR count). The summed E-state index contributed by atoms with van der Waals surface area (Å²) in [7, 11) is 0. The Hall–Kier alpha value is -2.60. The van der Waals surface area contributed by atoms with Gasteiger partial charge >= 0.3 is 0 Å². The topological polar surface area (TPSA) is 54.3 Å². The first-order chi connectivity index (χ1) is 14.9. The van der Waals surface area contributed by atoms with Crippen molar-refractivity contribution < 1.29 is 9.59 Å². The van der Waals surface area contributed by atoms with Crippen molar-refractivity contribution in [3.63, 3.8) is 0 Å². The molecule has 0 unspecified atom stereocenters. The number of carbonyl (C=O) groups excluding carboxylic acids is 2. The van der Waals surface area contributed by atoms with Crippen LogP contribution in [0.4, 0.5) is 5.69 Å². The second-order valence-corrected chi connectivity index (χ2v) is 10.3. The van der Waals surface area contributed by atoms with Crippen molar-refractivity contribution in [1.29, 1.82) is 0 Å². The summed E-state index contributed by atoms with van der Waals surface area (Å²) in [6, 6.07) is 10.3. The quantitative estimate of drug-likeness (QED) is 0.616. The lowest BCUT2D eigenvalue weighted by atomic mass is 9.90. The van der Waals surface area contributed by atoms with Crippen molar-refractivity contribution in [2.45, 2.75) is 71.0 Å². The number of carbonyl (C=O) groups is 2. The first-order valence-electron chi connectivity index (χ1n) is 11.2. The van der Waals surface area contributed by atoms with Gasteiger partial charge in [-0.2, -0.15) is 0 Å². The number of amides is 2. The van der Waals surface area contributed by atoms with Gasteiger partial charge in [-0.05, 0) is 74.4 Å². The van der Waals surface area contributed by atoms with E-state index >= 15 is 0 Å². The molecule has 3 aromatic rings. The van der Waals surface area contributed by atoms with Gasteiger partial charge in [-0.1, -0.05) is 25.3 Å². The number of fused-ring (bicyclic) bond motifs is 3. The van der Waals surface area contributed by atoms with Crippen molar-refractivity contribution in [1.82, 2.24) is 9.88 Å². The van der Waals surface area contributed by atoms with Crippen molar-refractivity contribution in [3.05, 3.63) is 52.5 Å². The minimum Gasteiger partial charge on any atom is -0.351 e. The zero-order chi connectivity index (χ0) is 21.8. The van der Waals surface area contributed by atoms with E-state index in [0.29, 0.717) is 12.2 Å². The number of hydrogen-bond acceptors (Lipinski definition) is 3. The number of aryl methyl sites for hydroxylation is 2. The van der Waals surface area contributed by atoms with Crippen LogP contribution >= 0.6 is 11.3 Å². The SMILES string of the molecule is Cc1cc(C)cc(N2C(=O)c3cc4sccc4n3C[C@@]2(C)C(=O)NC2CCCCC2)c1. The predicted octanol–water partition coefficient (Wildman–Crippen LogP) is 5.19. The van der Waals surface area contributed by atoms with Crippen LogP contribution in [-0.4, -0.2) is 28.0 Å². The third-order valence-corrected chi connectivity index (χ3v) is 7.65. The Labute approximate surface area is 187 Å². The molecule has 1 fully saturated rings. The van der Waals surface area contributed by atoms with E-state index in [4.69, 9.17) is 0 Å². The molecule has 31 heavy (non-hydrogen) atoms. The first-order valence-corrected chi connectivity index (χ1v) is 12.1. The number of thiophene rings is 1. The van der Waals surface area contributed by atoms with Crippen LogP contribution in [0.15, 0.2) is 35.7 Å². The van der Waals surface area contributed by atoms with Crippen molar-refractivity contribution in [3.8, 4) is 0 Å². The first kappa shape index (κ1) is 20.3. The molecule has 1 aliphatic carbocycles. The van der Waals surface area contributed by atoms with Gasteiger partial charge < -0.3 is 9.88 Å². The second kappa shape index (κ2) is 7.52. The molecule has 0 bridgehead atoms. The average molecular weight is 436 g/mol. The van der Waals surface area contributed by atoms with E-state index in [2.05, 4.69) is 11.4 Å². The van der Waals surface area contributed by atoms with Crippen LogP contribution in [0.2, 0.25) is 0 Å². The number of anilines is 1. The highest BCUT2D eigenvalue weighted by molar-refractivity contribution is 7.17. The Bertz CT molecular complexity index is 1150. The normalized spacial score (nSPS) is 22.0. The Morgan fingerprint density at radius 3 is 2.52 bits per heavy atom. The van der Waals surface area contributed by atoms with Crippen LogP contribution in [0.25, 0.3) is 10.2 Å². The maximum atomic E-state index is 13.8. The van der Waals surface area contributed by atoms with Gasteiger partial charge in [0.2, 0.25) is 5.91 Å². The third kappa shape index (κ3) is 3.37. The zero-order valence-corrected chi connectivity index (χ0v) is 19.2. The molecule has 2 aromatic heterocycles. The predicted molar refractivity (Wildman–Crippen MR) is 126 cm³/mol. The molecule has 1 aromatic carbocycles. The fraction of sp³-hybridized carbons (Fsp3) is 0.440. The van der Waals surface area contributed by atoms with Gasteiger partial charge in [-0.3, -0.25) is 14.5 Å². The molecule has 2 amide bonds. The lowest BCUT2D eigenvalue weighted by Crippen LogP contribution is -2.65. The van der Waals surface area contributed by atoms with Gasteiger partial charge in [-0.25, -0.2) is 0 Å². The van der Waals surface area contributed by atoms with E-state index in [1.807, 2.05) is 55.0 Å². The van der Waals surface area contributed by atoms with Crippen LogP contribution in [-0.2, 0) is 11.3 Å². The van der Waals surface area contributed by atoms with Crippen molar-refractivity contribution in [2.75, 3.05) is 4.90 Å². The lowest BCUT2D eigenvalue weighted by Gasteiger charge is -2.45. The van der Waals surface area contributed by atoms with Crippen LogP contribution < -0.4 is 10.2 Å². The van der Waals surface area contributed by atoms with E-state index in [-0.39, 0.29) is 17.9 Å². The highest BCUT2D eigenvalue weighted by Gasteiger charge is 2.49. The maximum Gasteiger partial charge on any atom is 0.275 e. The van der Waals surface area contributed by atoms with E-state index < -0.39 is 5.54 Å². The molecular weight excluding hydrogens is 406 g/mol. The highest BCUT2D eigenvalue weighted by atomic mass is 32.1. The summed E-state index contributed by atoms with van der Waals surface area (Å²) in [5.74, 6) is -0.171. The Kier molecular flexibility index (Phi) is 4.93. The van der Waals surface area contributed by atoms with Crippen LogP contribution in [0.5, 0.6) is 0 Å². The molecule has 1 N–H and O–H groups in total. The molecule has 5 nitrogen and oxygen atoms in total. The molecule has 0 saturated heterocycles. The van der Waals surface area contributed by atoms with Crippen LogP contribution in [0, 0.1) is 13.8 Å². The molecule has 3 heterocycles. The van der Waals surface area contributed by atoms with Crippen molar-refractivity contribution >= 4 is 39.1 Å². The molecule has 0 spiro atoms. The number of nitrogens with one attached hydrogen (secondary N) is 1. The summed E-state index contributed by atoms with van der Waals surface area (Å²) in [5, 5.41) is 5.34. The van der Waals surface area contributed by atoms with Gasteiger partial charge in [0.1, 0.15) is 11.2 Å². The summed E-state index contributed by atoms with van der Waals surface area (Å²) in [6.45, 7) is 6.42. The van der Waals surface area contributed by atoms with Gasteiger partial charge in [-0.15, -0.1) is 11.3 Å². The molecule has 1 atom stereocenters. The third-order valence-electron chi connectivity index (χ3n) is 6.80. The Balaban J connectivity index is 1.62. The lowest BCUT2D eigenvalue weighted by molar-refractivity contribution is -0.127. The number of rotatable bonds is 3. The molecule has 162 valence electrons. The molecule has 1 aliphatic heterocycles. The van der Waals surface area contributed by atoms with E-state index in [1.165, 1.54) is 6.42 Å². The van der Waals surface area contributed by atoms with Gasteiger partial charge in [0.15, 0.2) is 0 Å². The Morgan fingerprint density at radius 2 is 1.81 bits per heavy atom. The van der Waals surface area contributed by atoms with E-state index in [9.17, 15) is 9.59 Å². The summed E-state index contributed by atoms with van der Waals surface area (Å²) in [5.41, 5.74) is 3.64. The van der Waals surface area contributed by atoms with E-state index in [0.717, 1.165) is 52.7 Å². The number of hydrogen-bond donors (Lipinski definition) is 1. The van der Waals surface area contributed by atoms with E-state index in [1.54, 1.807) is 16.2 Å². The second-order valence-electron chi connectivity index (χ2n) is 9.35. The van der Waals surface area contributed by atoms with Crippen LogP contribution in [0.1, 0.15) is 60.6 Å². The standard InChI is InChI=1S/C25H29N3O2S/c1-16-11-17(2)13-19(12-16)28-23(29)21-14-22-20(9-10-31-22)27(21)15-25(28,3)24(30)26-18-7-5-4-6-8-18/h9-14,18H,4-8,15H2,1-3H3,(H,26,30)/t25-/m0/s1. The summed E-state index contributed by atoms with van der Waals surface area (Å²) in [6.07, 6.45) is 5.57. The summed E-state index contributed by atoms with van der Waals surface area (Å²) < 4.78 is 3.12. The fourth-order valence-corrected chi connectivity index (χ4v) is 6.11. The van der Waals surface area contributed by atoms with Gasteiger partial charge in [0, 0.05) is 11.7 Å². The zero-order valence-electron chi connectivity index (χ0n) is 18.4. The molecule has 0 radical (unpaired) electrons. The van der Waals surface area contributed by atoms with Crippen LogP contribution in [0.3, 0.4) is 0 Å².